The van der Waals surface area contributed by atoms with Gasteiger partial charge in [-0.3, -0.25) is 14.2 Å². The summed E-state index contributed by atoms with van der Waals surface area (Å²) in [6.45, 7) is 1.52. The molecule has 0 radical (unpaired) electrons. The van der Waals surface area contributed by atoms with Crippen LogP contribution in [-0.2, 0) is 16.1 Å². The van der Waals surface area contributed by atoms with Gasteiger partial charge in [-0.1, -0.05) is 0 Å². The molecule has 5 rings (SSSR count). The molecule has 0 unspecified atom stereocenters. The van der Waals surface area contributed by atoms with E-state index in [0.29, 0.717) is 21.3 Å². The number of nitrogens with zero attached hydrogens (tertiary/aromatic N) is 6. The molecular formula is C20H18BrClN8O6. The highest BCUT2D eigenvalue weighted by atomic mass is 79.9. The molecule has 4 aromatic rings. The number of aliphatic hydroxyl groups excluding tert-OH is 2. The first kappa shape index (κ1) is 24.5. The first-order valence-corrected chi connectivity index (χ1v) is 11.7. The lowest BCUT2D eigenvalue weighted by atomic mass is 10.1. The van der Waals surface area contributed by atoms with Crippen LogP contribution in [0, 0.1) is 0 Å². The van der Waals surface area contributed by atoms with Gasteiger partial charge in [-0.05, 0) is 33.6 Å². The third-order valence-corrected chi connectivity index (χ3v) is 6.28. The zero-order chi connectivity index (χ0) is 25.7. The van der Waals surface area contributed by atoms with Crippen molar-refractivity contribution in [3.63, 3.8) is 0 Å². The zero-order valence-corrected chi connectivity index (χ0v) is 21.0. The number of oxazole rings is 1. The minimum atomic E-state index is -1.46. The first-order valence-electron chi connectivity index (χ1n) is 10.5. The maximum Gasteiger partial charge on any atom is 0.265 e. The number of fused-ring (bicyclic) bond motifs is 2. The quantitative estimate of drug-likeness (QED) is 0.187. The molecule has 0 saturated carbocycles. The average Bonchev–Trinajstić information content (AvgIpc) is 3.54. The van der Waals surface area contributed by atoms with Crippen molar-refractivity contribution in [3.8, 4) is 0 Å². The van der Waals surface area contributed by atoms with E-state index in [1.165, 1.54) is 24.9 Å². The Hall–Kier alpha value is -3.24. The summed E-state index contributed by atoms with van der Waals surface area (Å²) < 4.78 is 13.0. The third-order valence-electron chi connectivity index (χ3n) is 5.52. The zero-order valence-electron chi connectivity index (χ0n) is 18.6. The number of aromatic nitrogens is 6. The number of amides is 1. The van der Waals surface area contributed by atoms with E-state index in [2.05, 4.69) is 51.5 Å². The number of hydrogen-bond acceptors (Lipinski definition) is 12. The molecule has 1 aliphatic rings. The lowest BCUT2D eigenvalue weighted by molar-refractivity contribution is -0.137. The van der Waals surface area contributed by atoms with Gasteiger partial charge in [-0.15, -0.1) is 0 Å². The smallest absolute Gasteiger partial charge is 0.265 e. The molecule has 4 aromatic heterocycles. The number of Topliss-reactive ketones (excluding diaryl/α,β-unsaturated/α-hetero) is 1. The minimum Gasteiger partial charge on any atom is -0.431 e. The normalized spacial score (nSPS) is 21.8. The van der Waals surface area contributed by atoms with Crippen molar-refractivity contribution < 1.29 is 29.0 Å². The fourth-order valence-electron chi connectivity index (χ4n) is 3.79. The highest BCUT2D eigenvalue weighted by Gasteiger charge is 2.47. The summed E-state index contributed by atoms with van der Waals surface area (Å²) in [5, 5.41) is 26.1. The van der Waals surface area contributed by atoms with Crippen LogP contribution in [0.15, 0.2) is 21.3 Å². The van der Waals surface area contributed by atoms with Crippen LogP contribution in [0.1, 0.15) is 29.5 Å². The molecule has 0 aliphatic carbocycles. The van der Waals surface area contributed by atoms with Crippen molar-refractivity contribution in [2.24, 2.45) is 0 Å². The van der Waals surface area contributed by atoms with Gasteiger partial charge in [0.05, 0.1) is 23.0 Å². The lowest BCUT2D eigenvalue weighted by Gasteiger charge is -2.16. The fraction of sp³-hybridized carbons (Fsp3) is 0.350. The molecule has 1 fully saturated rings. The Balaban J connectivity index is 1.44. The number of anilines is 1. The minimum absolute atomic E-state index is 0.0433. The molecule has 16 heteroatoms. The second kappa shape index (κ2) is 9.33. The Kier molecular flexibility index (Phi) is 6.34. The molecule has 1 saturated heterocycles. The molecule has 14 nitrogen and oxygen atoms in total. The van der Waals surface area contributed by atoms with Crippen molar-refractivity contribution in [2.75, 3.05) is 12.4 Å². The summed E-state index contributed by atoms with van der Waals surface area (Å²) >= 11 is 9.54. The van der Waals surface area contributed by atoms with Gasteiger partial charge < -0.3 is 30.0 Å². The standard InChI is InChI=1S/C20H18BrClN8O6/c1-6(31)18-27-15-12(35-18)8(21)3-7(26-15)4-24-14-9-16(29-20(22)28-14)30(5-25-9)19-11(33)10(32)13(36-19)17(34)23-2/h3,5,10-11,13,19,32-33H,4H2,1-2H3,(H,23,34)(H,24,28,29)/t10-,11+,13-,19+/m0/s1. The number of nitrogens with one attached hydrogen (secondary N) is 2. The SMILES string of the molecule is CNC(=O)[C@H]1O[C@@H](n2cnc3c(NCc4cc(Br)c5oc(C(C)=O)nc5n4)nc(Cl)nc32)[C@H](O)[C@@H]1O. The molecule has 5 heterocycles. The number of imidazole rings is 1. The highest BCUT2D eigenvalue weighted by Crippen LogP contribution is 2.33. The van der Waals surface area contributed by atoms with Crippen LogP contribution in [0.25, 0.3) is 22.4 Å². The number of carbonyl (C=O) groups is 2. The Morgan fingerprint density at radius 3 is 2.72 bits per heavy atom. The van der Waals surface area contributed by atoms with Crippen LogP contribution in [0.4, 0.5) is 5.82 Å². The monoisotopic (exact) mass is 580 g/mol. The van der Waals surface area contributed by atoms with Crippen molar-refractivity contribution in [1.82, 2.24) is 34.8 Å². The van der Waals surface area contributed by atoms with Gasteiger partial charge in [0.2, 0.25) is 16.7 Å². The van der Waals surface area contributed by atoms with Gasteiger partial charge in [0, 0.05) is 14.0 Å². The average molecular weight is 582 g/mol. The third kappa shape index (κ3) is 4.18. The van der Waals surface area contributed by atoms with E-state index < -0.39 is 30.4 Å². The second-order valence-corrected chi connectivity index (χ2v) is 9.08. The van der Waals surface area contributed by atoms with E-state index in [9.17, 15) is 19.8 Å². The largest absolute Gasteiger partial charge is 0.431 e. The second-order valence-electron chi connectivity index (χ2n) is 7.88. The number of pyridine rings is 1. The van der Waals surface area contributed by atoms with Gasteiger partial charge in [0.25, 0.3) is 11.8 Å². The number of hydrogen-bond donors (Lipinski definition) is 4. The molecule has 0 aromatic carbocycles. The predicted molar refractivity (Wildman–Crippen MR) is 127 cm³/mol. The van der Waals surface area contributed by atoms with E-state index in [1.807, 2.05) is 0 Å². The van der Waals surface area contributed by atoms with Crippen LogP contribution in [0.2, 0.25) is 5.28 Å². The maximum absolute atomic E-state index is 12.0. The Labute approximate surface area is 215 Å². The van der Waals surface area contributed by atoms with E-state index in [1.54, 1.807) is 6.07 Å². The Morgan fingerprint density at radius 2 is 2.00 bits per heavy atom. The number of halogens is 2. The number of carbonyl (C=O) groups excluding carboxylic acids is 2. The summed E-state index contributed by atoms with van der Waals surface area (Å²) in [7, 11) is 1.39. The van der Waals surface area contributed by atoms with Crippen molar-refractivity contribution in [3.05, 3.63) is 33.7 Å². The van der Waals surface area contributed by atoms with Crippen LogP contribution in [-0.4, -0.2) is 76.8 Å². The summed E-state index contributed by atoms with van der Waals surface area (Å²) in [6, 6.07) is 1.70. The van der Waals surface area contributed by atoms with Gasteiger partial charge in [-0.2, -0.15) is 15.0 Å². The fourth-order valence-corrected chi connectivity index (χ4v) is 4.47. The van der Waals surface area contributed by atoms with Crippen LogP contribution in [0.3, 0.4) is 0 Å². The topological polar surface area (TPSA) is 190 Å². The Bertz CT molecular complexity index is 1510. The lowest BCUT2D eigenvalue weighted by Crippen LogP contribution is -2.41. The molecule has 0 spiro atoms. The Morgan fingerprint density at radius 1 is 1.22 bits per heavy atom. The molecule has 188 valence electrons. The number of ether oxygens (including phenoxy) is 1. The molecule has 0 bridgehead atoms. The molecule has 1 amide bonds. The summed E-state index contributed by atoms with van der Waals surface area (Å²) in [4.78, 5) is 44.8. The van der Waals surface area contributed by atoms with Crippen LogP contribution < -0.4 is 10.6 Å². The summed E-state index contributed by atoms with van der Waals surface area (Å²) in [5.41, 5.74) is 1.67. The van der Waals surface area contributed by atoms with Crippen LogP contribution in [0.5, 0.6) is 0 Å². The van der Waals surface area contributed by atoms with Gasteiger partial charge in [0.15, 0.2) is 34.9 Å². The van der Waals surface area contributed by atoms with Crippen molar-refractivity contribution >= 4 is 67.4 Å². The van der Waals surface area contributed by atoms with Crippen LogP contribution >= 0.6 is 27.5 Å². The highest BCUT2D eigenvalue weighted by molar-refractivity contribution is 9.10. The van der Waals surface area contributed by atoms with E-state index in [-0.39, 0.29) is 40.6 Å². The first-order chi connectivity index (χ1) is 17.2. The van der Waals surface area contributed by atoms with Crippen molar-refractivity contribution in [2.45, 2.75) is 38.0 Å². The molecule has 4 atom stereocenters. The van der Waals surface area contributed by atoms with Gasteiger partial charge in [-0.25, -0.2) is 9.97 Å². The number of likely N-dealkylation sites (N-methyl/N-ethyl adjacent to an activating group) is 1. The number of ketones is 1. The van der Waals surface area contributed by atoms with E-state index in [4.69, 9.17) is 20.8 Å². The van der Waals surface area contributed by atoms with Gasteiger partial charge in [0.1, 0.15) is 12.2 Å². The van der Waals surface area contributed by atoms with E-state index >= 15 is 0 Å². The van der Waals surface area contributed by atoms with Gasteiger partial charge >= 0.3 is 0 Å². The number of rotatable bonds is 6. The maximum atomic E-state index is 12.0. The molecule has 36 heavy (non-hydrogen) atoms. The summed E-state index contributed by atoms with van der Waals surface area (Å²) in [6.07, 6.45) is -3.96. The number of aliphatic hydroxyl groups is 2. The predicted octanol–water partition coefficient (Wildman–Crippen LogP) is 0.958. The molecule has 4 N–H and O–H groups in total. The molecular weight excluding hydrogens is 564 g/mol. The van der Waals surface area contributed by atoms with E-state index in [0.717, 1.165) is 0 Å². The van der Waals surface area contributed by atoms with Crippen molar-refractivity contribution in [1.29, 1.82) is 0 Å². The molecule has 1 aliphatic heterocycles. The summed E-state index contributed by atoms with van der Waals surface area (Å²) in [5.74, 6) is -0.680.